The lowest BCUT2D eigenvalue weighted by atomic mass is 9.97. The number of nitrogens with zero attached hydrogens (tertiary/aromatic N) is 1. The fourth-order valence-corrected chi connectivity index (χ4v) is 2.83. The molecule has 1 aliphatic heterocycles. The second-order valence-electron chi connectivity index (χ2n) is 6.38. The average Bonchev–Trinajstić information content (AvgIpc) is 3.14. The molecule has 2 amide bonds. The van der Waals surface area contributed by atoms with Gasteiger partial charge in [0, 0.05) is 24.9 Å². The Hall–Kier alpha value is -1.95. The minimum atomic E-state index is -0.492. The Morgan fingerprint density at radius 2 is 2.25 bits per heavy atom. The van der Waals surface area contributed by atoms with Crippen LogP contribution < -0.4 is 16.0 Å². The second kappa shape index (κ2) is 9.37. The molecule has 1 aromatic rings. The Labute approximate surface area is 143 Å². The van der Waals surface area contributed by atoms with Gasteiger partial charge >= 0.3 is 0 Å². The molecule has 1 saturated heterocycles. The van der Waals surface area contributed by atoms with Gasteiger partial charge in [-0.3, -0.25) is 14.6 Å². The molecule has 6 nitrogen and oxygen atoms in total. The van der Waals surface area contributed by atoms with Crippen LogP contribution >= 0.6 is 0 Å². The number of pyridine rings is 1. The number of carbonyl (C=O) groups excluding carboxylic acids is 2. The highest BCUT2D eigenvalue weighted by atomic mass is 16.2. The van der Waals surface area contributed by atoms with Crippen molar-refractivity contribution in [1.29, 1.82) is 0 Å². The van der Waals surface area contributed by atoms with Crippen molar-refractivity contribution >= 4 is 11.8 Å². The van der Waals surface area contributed by atoms with E-state index in [4.69, 9.17) is 0 Å². The summed E-state index contributed by atoms with van der Waals surface area (Å²) < 4.78 is 0. The molecule has 0 spiro atoms. The quantitative estimate of drug-likeness (QED) is 0.664. The summed E-state index contributed by atoms with van der Waals surface area (Å²) in [7, 11) is 0. The molecule has 132 valence electrons. The third-order valence-corrected chi connectivity index (χ3v) is 4.58. The second-order valence-corrected chi connectivity index (χ2v) is 6.38. The van der Waals surface area contributed by atoms with Crippen LogP contribution in [-0.2, 0) is 16.0 Å². The van der Waals surface area contributed by atoms with Crippen LogP contribution in [0.1, 0.15) is 38.8 Å². The third kappa shape index (κ3) is 5.30. The largest absolute Gasteiger partial charge is 0.354 e. The maximum absolute atomic E-state index is 12.5. The van der Waals surface area contributed by atoms with Gasteiger partial charge in [0.1, 0.15) is 6.04 Å². The monoisotopic (exact) mass is 332 g/mol. The van der Waals surface area contributed by atoms with Gasteiger partial charge in [0.15, 0.2) is 0 Å². The van der Waals surface area contributed by atoms with Crippen LogP contribution in [0, 0.1) is 5.92 Å². The van der Waals surface area contributed by atoms with E-state index in [0.29, 0.717) is 13.0 Å². The van der Waals surface area contributed by atoms with E-state index in [1.807, 2.05) is 32.0 Å². The van der Waals surface area contributed by atoms with Crippen molar-refractivity contribution in [2.75, 3.05) is 13.1 Å². The van der Waals surface area contributed by atoms with Gasteiger partial charge in [0.05, 0.1) is 6.04 Å². The smallest absolute Gasteiger partial charge is 0.242 e. The molecule has 3 atom stereocenters. The molecule has 24 heavy (non-hydrogen) atoms. The molecule has 0 saturated carbocycles. The van der Waals surface area contributed by atoms with Gasteiger partial charge in [-0.2, -0.15) is 0 Å². The molecule has 6 heteroatoms. The highest BCUT2D eigenvalue weighted by Gasteiger charge is 2.29. The molecule has 0 radical (unpaired) electrons. The van der Waals surface area contributed by atoms with E-state index in [2.05, 4.69) is 20.9 Å². The molecule has 1 aliphatic rings. The van der Waals surface area contributed by atoms with Gasteiger partial charge in [-0.1, -0.05) is 26.3 Å². The summed E-state index contributed by atoms with van der Waals surface area (Å²) in [4.78, 5) is 29.1. The number of hydrogen-bond donors (Lipinski definition) is 3. The zero-order valence-electron chi connectivity index (χ0n) is 14.5. The van der Waals surface area contributed by atoms with Crippen molar-refractivity contribution in [3.63, 3.8) is 0 Å². The van der Waals surface area contributed by atoms with Crippen LogP contribution in [-0.4, -0.2) is 42.0 Å². The van der Waals surface area contributed by atoms with Crippen LogP contribution in [0.4, 0.5) is 0 Å². The van der Waals surface area contributed by atoms with Crippen molar-refractivity contribution in [2.45, 2.75) is 51.6 Å². The van der Waals surface area contributed by atoms with Crippen LogP contribution in [0.25, 0.3) is 0 Å². The van der Waals surface area contributed by atoms with E-state index < -0.39 is 6.04 Å². The standard InChI is InChI=1S/C18H28N4O2/c1-3-13(2)16(22-17(23)15-8-6-11-20-15)18(24)21-12-9-14-7-4-5-10-19-14/h4-5,7,10,13,15-16,20H,3,6,8-9,11-12H2,1-2H3,(H,21,24)(H,22,23)/t13?,15-,16-/m0/s1. The maximum atomic E-state index is 12.5. The highest BCUT2D eigenvalue weighted by Crippen LogP contribution is 2.11. The number of amides is 2. The number of carbonyl (C=O) groups is 2. The average molecular weight is 332 g/mol. The number of aromatic nitrogens is 1. The minimum absolute atomic E-state index is 0.0716. The van der Waals surface area contributed by atoms with Crippen LogP contribution in [0.15, 0.2) is 24.4 Å². The Morgan fingerprint density at radius 1 is 1.42 bits per heavy atom. The summed E-state index contributed by atoms with van der Waals surface area (Å²) >= 11 is 0. The maximum Gasteiger partial charge on any atom is 0.242 e. The molecule has 2 rings (SSSR count). The first kappa shape index (κ1) is 18.4. The van der Waals surface area contributed by atoms with E-state index in [9.17, 15) is 9.59 Å². The number of hydrogen-bond acceptors (Lipinski definition) is 4. The van der Waals surface area contributed by atoms with Gasteiger partial charge in [0.25, 0.3) is 0 Å². The van der Waals surface area contributed by atoms with Crippen LogP contribution in [0.5, 0.6) is 0 Å². The summed E-state index contributed by atoms with van der Waals surface area (Å²) in [6.45, 7) is 5.40. The molecule has 0 aromatic carbocycles. The van der Waals surface area contributed by atoms with Gasteiger partial charge in [0.2, 0.25) is 11.8 Å². The molecule has 1 unspecified atom stereocenters. The number of rotatable bonds is 8. The Bertz CT molecular complexity index is 529. The molecule has 2 heterocycles. The van der Waals surface area contributed by atoms with E-state index in [-0.39, 0.29) is 23.8 Å². The first-order valence-electron chi connectivity index (χ1n) is 8.83. The van der Waals surface area contributed by atoms with Crippen molar-refractivity contribution in [3.05, 3.63) is 30.1 Å². The van der Waals surface area contributed by atoms with E-state index in [1.165, 1.54) is 0 Å². The molecular formula is C18H28N4O2. The van der Waals surface area contributed by atoms with Gasteiger partial charge < -0.3 is 16.0 Å². The summed E-state index contributed by atoms with van der Waals surface area (Å²) in [5.74, 6) is -0.102. The van der Waals surface area contributed by atoms with Gasteiger partial charge in [-0.15, -0.1) is 0 Å². The van der Waals surface area contributed by atoms with Gasteiger partial charge in [-0.05, 0) is 37.4 Å². The zero-order chi connectivity index (χ0) is 17.4. The lowest BCUT2D eigenvalue weighted by Crippen LogP contribution is -2.54. The van der Waals surface area contributed by atoms with Crippen molar-refractivity contribution < 1.29 is 9.59 Å². The first-order valence-corrected chi connectivity index (χ1v) is 8.83. The minimum Gasteiger partial charge on any atom is -0.354 e. The fourth-order valence-electron chi connectivity index (χ4n) is 2.83. The lowest BCUT2D eigenvalue weighted by molar-refractivity contribution is -0.131. The van der Waals surface area contributed by atoms with Gasteiger partial charge in [-0.25, -0.2) is 0 Å². The summed E-state index contributed by atoms with van der Waals surface area (Å²) in [6.07, 6.45) is 5.09. The Morgan fingerprint density at radius 3 is 2.88 bits per heavy atom. The molecule has 0 bridgehead atoms. The van der Waals surface area contributed by atoms with Crippen molar-refractivity contribution in [3.8, 4) is 0 Å². The van der Waals surface area contributed by atoms with E-state index in [0.717, 1.165) is 31.5 Å². The zero-order valence-corrected chi connectivity index (χ0v) is 14.5. The highest BCUT2D eigenvalue weighted by molar-refractivity contribution is 5.90. The topological polar surface area (TPSA) is 83.1 Å². The molecule has 3 N–H and O–H groups in total. The Balaban J connectivity index is 1.86. The number of nitrogens with one attached hydrogen (secondary N) is 3. The first-order chi connectivity index (χ1) is 11.6. The van der Waals surface area contributed by atoms with Crippen LogP contribution in [0.3, 0.4) is 0 Å². The summed E-state index contributed by atoms with van der Waals surface area (Å²) in [6, 6.07) is 5.08. The van der Waals surface area contributed by atoms with Crippen molar-refractivity contribution in [2.24, 2.45) is 5.92 Å². The van der Waals surface area contributed by atoms with Crippen LogP contribution in [0.2, 0.25) is 0 Å². The van der Waals surface area contributed by atoms with E-state index in [1.54, 1.807) is 6.20 Å². The summed E-state index contributed by atoms with van der Waals surface area (Å²) in [5.41, 5.74) is 0.942. The lowest BCUT2D eigenvalue weighted by Gasteiger charge is -2.25. The third-order valence-electron chi connectivity index (χ3n) is 4.58. The normalized spacial score (nSPS) is 19.5. The SMILES string of the molecule is CCC(C)[C@H](NC(=O)[C@@H]1CCCN1)C(=O)NCCc1ccccn1. The van der Waals surface area contributed by atoms with Crippen molar-refractivity contribution in [1.82, 2.24) is 20.9 Å². The molecule has 1 fully saturated rings. The molecule has 1 aromatic heterocycles. The van der Waals surface area contributed by atoms with E-state index >= 15 is 0 Å². The molecular weight excluding hydrogens is 304 g/mol. The predicted molar refractivity (Wildman–Crippen MR) is 93.4 cm³/mol. The molecule has 0 aliphatic carbocycles. The fraction of sp³-hybridized carbons (Fsp3) is 0.611. The Kier molecular flexibility index (Phi) is 7.18. The predicted octanol–water partition coefficient (Wildman–Crippen LogP) is 1.02. The summed E-state index contributed by atoms with van der Waals surface area (Å²) in [5, 5.41) is 9.03.